The second kappa shape index (κ2) is 43.3. The summed E-state index contributed by atoms with van der Waals surface area (Å²) in [5.74, 6) is -0.197. The summed E-state index contributed by atoms with van der Waals surface area (Å²) in [6.07, 6.45) is 53.4. The summed E-state index contributed by atoms with van der Waals surface area (Å²) < 4.78 is 11.2. The summed E-state index contributed by atoms with van der Waals surface area (Å²) in [5, 5.41) is 54.3. The first-order valence-electron chi connectivity index (χ1n) is 25.3. The normalized spacial score (nSPS) is 20.9. The number of carbonyl (C=O) groups is 1. The van der Waals surface area contributed by atoms with Crippen molar-refractivity contribution in [2.75, 3.05) is 13.2 Å². The second-order valence-electron chi connectivity index (χ2n) is 17.2. The highest BCUT2D eigenvalue weighted by Crippen LogP contribution is 2.22. The third kappa shape index (κ3) is 33.5. The van der Waals surface area contributed by atoms with Crippen LogP contribution in [0.3, 0.4) is 0 Å². The van der Waals surface area contributed by atoms with Gasteiger partial charge < -0.3 is 40.3 Å². The Kier molecular flexibility index (Phi) is 40.1. The molecule has 9 nitrogen and oxygen atoms in total. The van der Waals surface area contributed by atoms with E-state index in [2.05, 4.69) is 92.1 Å². The Labute approximate surface area is 384 Å². The van der Waals surface area contributed by atoms with E-state index >= 15 is 0 Å². The molecule has 63 heavy (non-hydrogen) atoms. The van der Waals surface area contributed by atoms with Gasteiger partial charge in [0.2, 0.25) is 5.91 Å². The van der Waals surface area contributed by atoms with Gasteiger partial charge >= 0.3 is 0 Å². The smallest absolute Gasteiger partial charge is 0.220 e. The maximum Gasteiger partial charge on any atom is 0.220 e. The van der Waals surface area contributed by atoms with Crippen LogP contribution < -0.4 is 5.32 Å². The Morgan fingerprint density at radius 1 is 0.556 bits per heavy atom. The van der Waals surface area contributed by atoms with E-state index in [4.69, 9.17) is 9.47 Å². The lowest BCUT2D eigenvalue weighted by Gasteiger charge is -2.40. The highest BCUT2D eigenvalue weighted by atomic mass is 16.7. The van der Waals surface area contributed by atoms with Gasteiger partial charge in [-0.15, -0.1) is 0 Å². The van der Waals surface area contributed by atoms with Crippen LogP contribution in [0.5, 0.6) is 0 Å². The molecule has 0 aliphatic carbocycles. The van der Waals surface area contributed by atoms with Gasteiger partial charge in [-0.2, -0.15) is 0 Å². The largest absolute Gasteiger partial charge is 0.394 e. The second-order valence-corrected chi connectivity index (χ2v) is 17.2. The number of nitrogens with one attached hydrogen (secondary N) is 1. The van der Waals surface area contributed by atoms with Crippen molar-refractivity contribution in [3.05, 3.63) is 85.1 Å². The van der Waals surface area contributed by atoms with E-state index in [1.54, 1.807) is 6.08 Å². The molecule has 1 fully saturated rings. The number of rotatable bonds is 41. The molecule has 0 aromatic carbocycles. The Balaban J connectivity index is 2.30. The summed E-state index contributed by atoms with van der Waals surface area (Å²) in [4.78, 5) is 13.0. The number of aliphatic hydroxyl groups is 5. The zero-order valence-electron chi connectivity index (χ0n) is 39.8. The molecule has 0 aromatic rings. The summed E-state index contributed by atoms with van der Waals surface area (Å²) >= 11 is 0. The molecule has 1 saturated heterocycles. The van der Waals surface area contributed by atoms with Gasteiger partial charge in [0.05, 0.1) is 25.4 Å². The lowest BCUT2D eigenvalue weighted by atomic mass is 9.99. The van der Waals surface area contributed by atoms with Gasteiger partial charge in [0.25, 0.3) is 0 Å². The standard InChI is InChI=1S/C54H93NO8/c1-3-5-7-9-11-13-15-17-19-20-21-22-23-24-25-26-27-28-30-32-34-36-38-40-42-44-50(58)55-47(46-62-54-53(61)52(60)51(59)49(45-56)63-54)48(57)43-41-39-37-35-33-31-29-18-16-14-12-10-8-6-4-2/h5,7,11,13,17,19,21-22,24-25,33,35,41,43,47-49,51-54,56-57,59-61H,3-4,6,8-10,12,14-16,18,20,23,26-32,34,36-40,42,44-46H2,1-2H3,(H,55,58)/b7-5-,13-11-,19-17-,22-21-,25-24-,35-33+,43-41+. The first-order chi connectivity index (χ1) is 30.8. The van der Waals surface area contributed by atoms with Crippen LogP contribution in [0.4, 0.5) is 0 Å². The van der Waals surface area contributed by atoms with Crippen LogP contribution in [0.25, 0.3) is 0 Å². The first kappa shape index (κ1) is 58.4. The van der Waals surface area contributed by atoms with E-state index in [9.17, 15) is 30.3 Å². The highest BCUT2D eigenvalue weighted by Gasteiger charge is 2.44. The van der Waals surface area contributed by atoms with Crippen molar-refractivity contribution < 1.29 is 39.8 Å². The van der Waals surface area contributed by atoms with Gasteiger partial charge in [0, 0.05) is 6.42 Å². The Morgan fingerprint density at radius 3 is 1.52 bits per heavy atom. The van der Waals surface area contributed by atoms with Crippen molar-refractivity contribution in [1.29, 1.82) is 0 Å². The van der Waals surface area contributed by atoms with Crippen LogP contribution in [0.15, 0.2) is 85.1 Å². The van der Waals surface area contributed by atoms with E-state index in [1.807, 2.05) is 6.08 Å². The molecule has 0 aromatic heterocycles. The van der Waals surface area contributed by atoms with Crippen molar-refractivity contribution >= 4 is 5.91 Å². The van der Waals surface area contributed by atoms with Gasteiger partial charge in [-0.1, -0.05) is 195 Å². The molecule has 6 N–H and O–H groups in total. The Bertz CT molecular complexity index is 1260. The zero-order valence-corrected chi connectivity index (χ0v) is 39.8. The average Bonchev–Trinajstić information content (AvgIpc) is 3.28. The lowest BCUT2D eigenvalue weighted by molar-refractivity contribution is -0.302. The van der Waals surface area contributed by atoms with Crippen molar-refractivity contribution in [3.8, 4) is 0 Å². The molecule has 9 heteroatoms. The number of aliphatic hydroxyl groups excluding tert-OH is 5. The van der Waals surface area contributed by atoms with Crippen LogP contribution in [0.2, 0.25) is 0 Å². The van der Waals surface area contributed by atoms with Crippen molar-refractivity contribution in [3.63, 3.8) is 0 Å². The Morgan fingerprint density at radius 2 is 1.00 bits per heavy atom. The molecule has 1 aliphatic heterocycles. The summed E-state index contributed by atoms with van der Waals surface area (Å²) in [6, 6.07) is -0.829. The average molecular weight is 884 g/mol. The number of hydrogen-bond acceptors (Lipinski definition) is 8. The van der Waals surface area contributed by atoms with E-state index in [1.165, 1.54) is 89.9 Å². The fourth-order valence-corrected chi connectivity index (χ4v) is 7.43. The van der Waals surface area contributed by atoms with Gasteiger partial charge in [0.15, 0.2) is 6.29 Å². The minimum absolute atomic E-state index is 0.197. The third-order valence-corrected chi connectivity index (χ3v) is 11.5. The molecule has 362 valence electrons. The van der Waals surface area contributed by atoms with Crippen LogP contribution >= 0.6 is 0 Å². The molecule has 1 amide bonds. The maximum absolute atomic E-state index is 13.0. The van der Waals surface area contributed by atoms with Gasteiger partial charge in [-0.05, 0) is 77.0 Å². The van der Waals surface area contributed by atoms with Crippen LogP contribution in [-0.2, 0) is 14.3 Å². The van der Waals surface area contributed by atoms with Crippen molar-refractivity contribution in [2.24, 2.45) is 0 Å². The summed E-state index contributed by atoms with van der Waals surface area (Å²) in [7, 11) is 0. The molecular weight excluding hydrogens is 791 g/mol. The number of unbranched alkanes of at least 4 members (excludes halogenated alkanes) is 19. The SMILES string of the molecule is CC/C=C\C/C=C\C/C=C\C/C=C\C/C=C\CCCCCCCCCCCC(=O)NC(COC1OC(CO)C(O)C(O)C1O)C(O)/C=C/CC/C=C/CCCCCCCCCCC. The topological polar surface area (TPSA) is 149 Å². The maximum atomic E-state index is 13.0. The van der Waals surface area contributed by atoms with Crippen molar-refractivity contribution in [1.82, 2.24) is 5.32 Å². The van der Waals surface area contributed by atoms with E-state index in [-0.39, 0.29) is 12.5 Å². The fourth-order valence-electron chi connectivity index (χ4n) is 7.43. The number of allylic oxidation sites excluding steroid dienone is 13. The predicted octanol–water partition coefficient (Wildman–Crippen LogP) is 11.5. The lowest BCUT2D eigenvalue weighted by Crippen LogP contribution is -2.60. The van der Waals surface area contributed by atoms with Crippen LogP contribution in [-0.4, -0.2) is 87.5 Å². The number of hydrogen-bond donors (Lipinski definition) is 6. The fraction of sp³-hybridized carbons (Fsp3) is 0.722. The quantitative estimate of drug-likeness (QED) is 0.0263. The number of ether oxygens (including phenoxy) is 2. The Hall–Kier alpha value is -2.63. The number of amides is 1. The monoisotopic (exact) mass is 884 g/mol. The molecule has 0 radical (unpaired) electrons. The minimum Gasteiger partial charge on any atom is -0.394 e. The van der Waals surface area contributed by atoms with E-state index in [0.29, 0.717) is 6.42 Å². The summed E-state index contributed by atoms with van der Waals surface area (Å²) in [6.45, 7) is 3.63. The van der Waals surface area contributed by atoms with Crippen molar-refractivity contribution in [2.45, 2.75) is 236 Å². The zero-order chi connectivity index (χ0) is 45.9. The molecule has 7 atom stereocenters. The molecular formula is C54H93NO8. The third-order valence-electron chi connectivity index (χ3n) is 11.5. The molecule has 7 unspecified atom stereocenters. The molecule has 1 heterocycles. The van der Waals surface area contributed by atoms with Gasteiger partial charge in [-0.3, -0.25) is 4.79 Å². The number of carbonyl (C=O) groups excluding carboxylic acids is 1. The molecule has 1 aliphatic rings. The summed E-state index contributed by atoms with van der Waals surface area (Å²) in [5.41, 5.74) is 0. The van der Waals surface area contributed by atoms with Crippen LogP contribution in [0, 0.1) is 0 Å². The van der Waals surface area contributed by atoms with Crippen LogP contribution in [0.1, 0.15) is 194 Å². The van der Waals surface area contributed by atoms with Gasteiger partial charge in [0.1, 0.15) is 24.4 Å². The first-order valence-corrected chi connectivity index (χ1v) is 25.3. The molecule has 1 rings (SSSR count). The molecule has 0 bridgehead atoms. The highest BCUT2D eigenvalue weighted by molar-refractivity contribution is 5.76. The van der Waals surface area contributed by atoms with E-state index < -0.39 is 49.5 Å². The predicted molar refractivity (Wildman–Crippen MR) is 262 cm³/mol. The molecule has 0 spiro atoms. The van der Waals surface area contributed by atoms with E-state index in [0.717, 1.165) is 83.5 Å². The minimum atomic E-state index is -1.58. The molecule has 0 saturated carbocycles. The van der Waals surface area contributed by atoms with Gasteiger partial charge in [-0.25, -0.2) is 0 Å².